The summed E-state index contributed by atoms with van der Waals surface area (Å²) in [5, 5.41) is 2.98. The zero-order valence-electron chi connectivity index (χ0n) is 14.4. The van der Waals surface area contributed by atoms with Gasteiger partial charge in [-0.2, -0.15) is 0 Å². The van der Waals surface area contributed by atoms with Crippen molar-refractivity contribution in [2.75, 3.05) is 13.1 Å². The SMILES string of the molecule is Cn1cncc1CNC(=O)c1ccc2c(c1)CCN(C1=CC=C1)CC2. The Kier molecular flexibility index (Phi) is 4.14. The number of rotatable bonds is 4. The molecule has 0 spiro atoms. The predicted molar refractivity (Wildman–Crippen MR) is 97.0 cm³/mol. The normalized spacial score (nSPS) is 15.9. The fourth-order valence-corrected chi connectivity index (χ4v) is 3.35. The summed E-state index contributed by atoms with van der Waals surface area (Å²) in [4.78, 5) is 19.0. The van der Waals surface area contributed by atoms with Crippen LogP contribution in [-0.2, 0) is 26.4 Å². The van der Waals surface area contributed by atoms with Crippen LogP contribution in [0.1, 0.15) is 27.2 Å². The van der Waals surface area contributed by atoms with Crippen LogP contribution in [0.2, 0.25) is 0 Å². The third-order valence-corrected chi connectivity index (χ3v) is 5.02. The predicted octanol–water partition coefficient (Wildman–Crippen LogP) is 2.20. The summed E-state index contributed by atoms with van der Waals surface area (Å²) >= 11 is 0. The molecule has 0 unspecified atom stereocenters. The van der Waals surface area contributed by atoms with Crippen LogP contribution < -0.4 is 5.32 Å². The first-order valence-electron chi connectivity index (χ1n) is 8.69. The average molecular weight is 334 g/mol. The molecular formula is C20H22N4O. The van der Waals surface area contributed by atoms with Crippen LogP contribution in [0.25, 0.3) is 0 Å². The number of nitrogens with zero attached hydrogens (tertiary/aromatic N) is 3. The summed E-state index contributed by atoms with van der Waals surface area (Å²) in [6.45, 7) is 2.53. The van der Waals surface area contributed by atoms with Crippen LogP contribution in [0.4, 0.5) is 0 Å². The van der Waals surface area contributed by atoms with Crippen LogP contribution in [0.5, 0.6) is 0 Å². The fourth-order valence-electron chi connectivity index (χ4n) is 3.35. The quantitative estimate of drug-likeness (QED) is 0.933. The highest BCUT2D eigenvalue weighted by molar-refractivity contribution is 5.94. The Bertz CT molecular complexity index is 862. The molecule has 0 saturated heterocycles. The van der Waals surface area contributed by atoms with Crippen LogP contribution in [0, 0.1) is 0 Å². The Morgan fingerprint density at radius 2 is 2.04 bits per heavy atom. The molecule has 2 aliphatic rings. The Labute approximate surface area is 147 Å². The lowest BCUT2D eigenvalue weighted by Gasteiger charge is -2.26. The number of amides is 1. The molecular weight excluding hydrogens is 312 g/mol. The highest BCUT2D eigenvalue weighted by Gasteiger charge is 2.17. The maximum Gasteiger partial charge on any atom is 0.251 e. The van der Waals surface area contributed by atoms with E-state index in [-0.39, 0.29) is 5.91 Å². The standard InChI is InChI=1S/C20H22N4O/c1-23-14-21-12-19(23)13-22-20(25)17-6-5-15-7-9-24(18-3-2-4-18)10-8-16(15)11-17/h2-6,11-12,14H,7-10,13H2,1H3,(H,22,25). The first kappa shape index (κ1) is 15.7. The maximum atomic E-state index is 12.5. The van der Waals surface area contributed by atoms with Gasteiger partial charge in [0.2, 0.25) is 0 Å². The summed E-state index contributed by atoms with van der Waals surface area (Å²) in [6, 6.07) is 6.11. The fraction of sp³-hybridized carbons (Fsp3) is 0.300. The Morgan fingerprint density at radius 3 is 2.72 bits per heavy atom. The number of hydrogen-bond donors (Lipinski definition) is 1. The van der Waals surface area contributed by atoms with Gasteiger partial charge in [-0.05, 0) is 48.3 Å². The summed E-state index contributed by atoms with van der Waals surface area (Å²) < 4.78 is 1.91. The minimum atomic E-state index is -0.0327. The largest absolute Gasteiger partial charge is 0.371 e. The molecule has 0 radical (unpaired) electrons. The Hall–Kier alpha value is -2.82. The van der Waals surface area contributed by atoms with E-state index in [0.29, 0.717) is 6.54 Å². The lowest BCUT2D eigenvalue weighted by molar-refractivity contribution is 0.0950. The second-order valence-corrected chi connectivity index (χ2v) is 6.60. The Balaban J connectivity index is 1.43. The topological polar surface area (TPSA) is 50.2 Å². The summed E-state index contributed by atoms with van der Waals surface area (Å²) in [6.07, 6.45) is 11.9. The van der Waals surface area contributed by atoms with Crippen molar-refractivity contribution < 1.29 is 4.79 Å². The smallest absolute Gasteiger partial charge is 0.251 e. The van der Waals surface area contributed by atoms with E-state index in [2.05, 4.69) is 45.6 Å². The van der Waals surface area contributed by atoms with Crippen molar-refractivity contribution in [3.8, 4) is 0 Å². The highest BCUT2D eigenvalue weighted by Crippen LogP contribution is 2.22. The molecule has 5 heteroatoms. The molecule has 5 nitrogen and oxygen atoms in total. The molecule has 1 aliphatic heterocycles. The molecule has 1 amide bonds. The molecule has 2 heterocycles. The minimum Gasteiger partial charge on any atom is -0.371 e. The lowest BCUT2D eigenvalue weighted by Crippen LogP contribution is -2.26. The van der Waals surface area contributed by atoms with Gasteiger partial charge in [0.25, 0.3) is 5.91 Å². The second kappa shape index (κ2) is 6.59. The van der Waals surface area contributed by atoms with Crippen LogP contribution in [0.15, 0.2) is 54.6 Å². The molecule has 0 saturated carbocycles. The van der Waals surface area contributed by atoms with E-state index in [1.165, 1.54) is 16.8 Å². The van der Waals surface area contributed by atoms with Gasteiger partial charge in [0.1, 0.15) is 0 Å². The van der Waals surface area contributed by atoms with Gasteiger partial charge < -0.3 is 14.8 Å². The number of benzene rings is 1. The van der Waals surface area contributed by atoms with Crippen LogP contribution in [0.3, 0.4) is 0 Å². The first-order chi connectivity index (χ1) is 12.2. The van der Waals surface area contributed by atoms with E-state index in [1.807, 2.05) is 17.7 Å². The van der Waals surface area contributed by atoms with Gasteiger partial charge in [-0.1, -0.05) is 12.1 Å². The summed E-state index contributed by atoms with van der Waals surface area (Å²) in [7, 11) is 1.93. The molecule has 2 aromatic rings. The highest BCUT2D eigenvalue weighted by atomic mass is 16.1. The van der Waals surface area contributed by atoms with Crippen LogP contribution >= 0.6 is 0 Å². The molecule has 25 heavy (non-hydrogen) atoms. The third kappa shape index (κ3) is 3.22. The Morgan fingerprint density at radius 1 is 1.24 bits per heavy atom. The number of hydrogen-bond acceptors (Lipinski definition) is 3. The molecule has 0 fully saturated rings. The molecule has 1 N–H and O–H groups in total. The van der Waals surface area contributed by atoms with Crippen molar-refractivity contribution in [2.24, 2.45) is 7.05 Å². The number of nitrogens with one attached hydrogen (secondary N) is 1. The van der Waals surface area contributed by atoms with Gasteiger partial charge in [-0.25, -0.2) is 4.98 Å². The van der Waals surface area contributed by atoms with Gasteiger partial charge in [-0.15, -0.1) is 0 Å². The van der Waals surface area contributed by atoms with Crippen molar-refractivity contribution in [3.63, 3.8) is 0 Å². The molecule has 4 rings (SSSR count). The minimum absolute atomic E-state index is 0.0327. The van der Waals surface area contributed by atoms with Gasteiger partial charge in [-0.3, -0.25) is 4.79 Å². The number of allylic oxidation sites excluding steroid dienone is 3. The van der Waals surface area contributed by atoms with Gasteiger partial charge >= 0.3 is 0 Å². The van der Waals surface area contributed by atoms with Crippen molar-refractivity contribution in [1.29, 1.82) is 0 Å². The van der Waals surface area contributed by atoms with Gasteiger partial charge in [0, 0.05) is 37.6 Å². The molecule has 128 valence electrons. The van der Waals surface area contributed by atoms with E-state index in [4.69, 9.17) is 0 Å². The number of fused-ring (bicyclic) bond motifs is 1. The molecule has 1 aromatic heterocycles. The monoisotopic (exact) mass is 334 g/mol. The average Bonchev–Trinajstić information content (AvgIpc) is 2.87. The number of imidazole rings is 1. The van der Waals surface area contributed by atoms with Crippen molar-refractivity contribution in [3.05, 3.63) is 77.0 Å². The van der Waals surface area contributed by atoms with Crippen molar-refractivity contribution in [1.82, 2.24) is 19.8 Å². The van der Waals surface area contributed by atoms with Gasteiger partial charge in [0.05, 0.1) is 18.6 Å². The van der Waals surface area contributed by atoms with Crippen LogP contribution in [-0.4, -0.2) is 33.4 Å². The molecule has 0 bridgehead atoms. The zero-order chi connectivity index (χ0) is 17.2. The van der Waals surface area contributed by atoms with Gasteiger partial charge in [0.15, 0.2) is 0 Å². The second-order valence-electron chi connectivity index (χ2n) is 6.60. The van der Waals surface area contributed by atoms with Crippen molar-refractivity contribution >= 4 is 5.91 Å². The molecule has 1 aromatic carbocycles. The van der Waals surface area contributed by atoms with E-state index in [0.717, 1.165) is 37.2 Å². The van der Waals surface area contributed by atoms with E-state index < -0.39 is 0 Å². The van der Waals surface area contributed by atoms with E-state index in [1.54, 1.807) is 12.5 Å². The first-order valence-corrected chi connectivity index (χ1v) is 8.69. The van der Waals surface area contributed by atoms with E-state index >= 15 is 0 Å². The third-order valence-electron chi connectivity index (χ3n) is 5.02. The van der Waals surface area contributed by atoms with Crippen molar-refractivity contribution in [2.45, 2.75) is 19.4 Å². The molecule has 1 aliphatic carbocycles. The maximum absolute atomic E-state index is 12.5. The summed E-state index contributed by atoms with van der Waals surface area (Å²) in [5.74, 6) is -0.0327. The lowest BCUT2D eigenvalue weighted by atomic mass is 10.00. The van der Waals surface area contributed by atoms with E-state index in [9.17, 15) is 4.79 Å². The number of aryl methyl sites for hydroxylation is 1. The zero-order valence-corrected chi connectivity index (χ0v) is 14.4. The number of carbonyl (C=O) groups is 1. The molecule has 0 atom stereocenters. The summed E-state index contributed by atoms with van der Waals surface area (Å²) in [5.41, 5.74) is 5.69. The number of carbonyl (C=O) groups excluding carboxylic acids is 1. The number of aromatic nitrogens is 2.